The van der Waals surface area contributed by atoms with Gasteiger partial charge in [-0.2, -0.15) is 0 Å². The molecule has 0 aliphatic heterocycles. The molecule has 2 aromatic carbocycles. The van der Waals surface area contributed by atoms with Crippen molar-refractivity contribution in [2.75, 3.05) is 13.1 Å². The zero-order chi connectivity index (χ0) is 19.4. The van der Waals surface area contributed by atoms with Gasteiger partial charge >= 0.3 is 0 Å². The number of hydrogen-bond acceptors (Lipinski definition) is 4. The van der Waals surface area contributed by atoms with Crippen LogP contribution in [0.4, 0.5) is 0 Å². The van der Waals surface area contributed by atoms with Crippen LogP contribution >= 0.6 is 0 Å². The molecule has 6 nitrogen and oxygen atoms in total. The van der Waals surface area contributed by atoms with Gasteiger partial charge in [-0.15, -0.1) is 0 Å². The van der Waals surface area contributed by atoms with Gasteiger partial charge in [0.2, 0.25) is 10.0 Å². The van der Waals surface area contributed by atoms with Crippen molar-refractivity contribution in [3.8, 4) is 0 Å². The SMILES string of the molecule is Cc1ccc(C)c(S(=O)(=O)NCCNC(=O)c2cccc3cccnc23)c1. The summed E-state index contributed by atoms with van der Waals surface area (Å²) in [6, 6.07) is 14.4. The summed E-state index contributed by atoms with van der Waals surface area (Å²) < 4.78 is 27.5. The summed E-state index contributed by atoms with van der Waals surface area (Å²) in [7, 11) is -3.62. The number of hydrogen-bond donors (Lipinski definition) is 2. The average Bonchev–Trinajstić information content (AvgIpc) is 2.66. The van der Waals surface area contributed by atoms with Gasteiger partial charge in [-0.25, -0.2) is 13.1 Å². The lowest BCUT2D eigenvalue weighted by molar-refractivity contribution is 0.0956. The molecular formula is C20H21N3O3S. The number of carbonyl (C=O) groups excluding carboxylic acids is 1. The Morgan fingerprint density at radius 1 is 1.04 bits per heavy atom. The first kappa shape index (κ1) is 19.0. The largest absolute Gasteiger partial charge is 0.351 e. The fourth-order valence-electron chi connectivity index (χ4n) is 2.82. The van der Waals surface area contributed by atoms with Gasteiger partial charge in [0, 0.05) is 24.7 Å². The summed E-state index contributed by atoms with van der Waals surface area (Å²) in [6.45, 7) is 3.87. The number of sulfonamides is 1. The Morgan fingerprint density at radius 3 is 2.63 bits per heavy atom. The van der Waals surface area contributed by atoms with E-state index in [-0.39, 0.29) is 23.9 Å². The zero-order valence-corrected chi connectivity index (χ0v) is 16.0. The van der Waals surface area contributed by atoms with Crippen LogP contribution < -0.4 is 10.0 Å². The number of pyridine rings is 1. The van der Waals surface area contributed by atoms with E-state index in [1.807, 2.05) is 31.2 Å². The molecule has 0 atom stereocenters. The molecule has 7 heteroatoms. The number of rotatable bonds is 6. The molecule has 0 bridgehead atoms. The summed E-state index contributed by atoms with van der Waals surface area (Å²) >= 11 is 0. The van der Waals surface area contributed by atoms with Crippen molar-refractivity contribution in [3.05, 3.63) is 71.4 Å². The van der Waals surface area contributed by atoms with Crippen LogP contribution in [0.15, 0.2) is 59.6 Å². The molecule has 1 heterocycles. The molecule has 3 rings (SSSR count). The lowest BCUT2D eigenvalue weighted by Crippen LogP contribution is -2.35. The van der Waals surface area contributed by atoms with E-state index in [1.54, 1.807) is 37.4 Å². The van der Waals surface area contributed by atoms with E-state index in [9.17, 15) is 13.2 Å². The number of para-hydroxylation sites is 1. The quantitative estimate of drug-likeness (QED) is 0.641. The molecule has 0 fully saturated rings. The maximum Gasteiger partial charge on any atom is 0.253 e. The molecule has 3 aromatic rings. The van der Waals surface area contributed by atoms with E-state index in [2.05, 4.69) is 15.0 Å². The van der Waals surface area contributed by atoms with Gasteiger partial charge < -0.3 is 5.32 Å². The molecule has 140 valence electrons. The number of amides is 1. The van der Waals surface area contributed by atoms with Gasteiger partial charge in [0.1, 0.15) is 0 Å². The third kappa shape index (κ3) is 4.32. The Labute approximate surface area is 158 Å². The Balaban J connectivity index is 1.63. The highest BCUT2D eigenvalue weighted by Gasteiger charge is 2.17. The van der Waals surface area contributed by atoms with Crippen molar-refractivity contribution < 1.29 is 13.2 Å². The standard InChI is InChI=1S/C20H21N3O3S/c1-14-8-9-15(2)18(13-14)27(25,26)23-12-11-22-20(24)17-7-3-5-16-6-4-10-21-19(16)17/h3-10,13,23H,11-12H2,1-2H3,(H,22,24). The zero-order valence-electron chi connectivity index (χ0n) is 15.2. The molecule has 27 heavy (non-hydrogen) atoms. The third-order valence-corrected chi connectivity index (χ3v) is 5.82. The van der Waals surface area contributed by atoms with Crippen molar-refractivity contribution >= 4 is 26.8 Å². The van der Waals surface area contributed by atoms with Crippen LogP contribution in [0.2, 0.25) is 0 Å². The first-order valence-corrected chi connectivity index (χ1v) is 10.1. The van der Waals surface area contributed by atoms with Crippen LogP contribution in [0.3, 0.4) is 0 Å². The van der Waals surface area contributed by atoms with Gasteiger partial charge in [-0.3, -0.25) is 9.78 Å². The van der Waals surface area contributed by atoms with Crippen molar-refractivity contribution in [1.29, 1.82) is 0 Å². The predicted molar refractivity (Wildman–Crippen MR) is 105 cm³/mol. The lowest BCUT2D eigenvalue weighted by Gasteiger charge is -2.11. The van der Waals surface area contributed by atoms with E-state index in [0.717, 1.165) is 10.9 Å². The van der Waals surface area contributed by atoms with Gasteiger partial charge in [-0.1, -0.05) is 30.3 Å². The maximum absolute atomic E-state index is 12.5. The summed E-state index contributed by atoms with van der Waals surface area (Å²) in [5.41, 5.74) is 2.63. The molecule has 0 unspecified atom stereocenters. The highest BCUT2D eigenvalue weighted by atomic mass is 32.2. The van der Waals surface area contributed by atoms with Crippen LogP contribution in [-0.2, 0) is 10.0 Å². The molecule has 0 saturated carbocycles. The minimum Gasteiger partial charge on any atom is -0.351 e. The van der Waals surface area contributed by atoms with Crippen molar-refractivity contribution in [1.82, 2.24) is 15.0 Å². The van der Waals surface area contributed by atoms with Crippen LogP contribution in [0, 0.1) is 13.8 Å². The minimum atomic E-state index is -3.62. The Morgan fingerprint density at radius 2 is 1.81 bits per heavy atom. The summed E-state index contributed by atoms with van der Waals surface area (Å²) in [6.07, 6.45) is 1.64. The van der Waals surface area contributed by atoms with Crippen LogP contribution in [-0.4, -0.2) is 32.4 Å². The maximum atomic E-state index is 12.5. The minimum absolute atomic E-state index is 0.0969. The lowest BCUT2D eigenvalue weighted by atomic mass is 10.1. The predicted octanol–water partition coefficient (Wildman–Crippen LogP) is 2.56. The fourth-order valence-corrected chi connectivity index (χ4v) is 4.18. The average molecular weight is 383 g/mol. The molecule has 0 aliphatic rings. The fraction of sp³-hybridized carbons (Fsp3) is 0.200. The van der Waals surface area contributed by atoms with Crippen LogP contribution in [0.5, 0.6) is 0 Å². The number of carbonyl (C=O) groups is 1. The molecule has 0 aliphatic carbocycles. The highest BCUT2D eigenvalue weighted by molar-refractivity contribution is 7.89. The number of nitrogens with zero attached hydrogens (tertiary/aromatic N) is 1. The van der Waals surface area contributed by atoms with Gasteiger partial charge in [0.25, 0.3) is 5.91 Å². The number of aryl methyl sites for hydroxylation is 2. The number of aromatic nitrogens is 1. The molecular weight excluding hydrogens is 362 g/mol. The third-order valence-electron chi connectivity index (χ3n) is 4.21. The number of benzene rings is 2. The number of fused-ring (bicyclic) bond motifs is 1. The first-order chi connectivity index (χ1) is 12.9. The molecule has 2 N–H and O–H groups in total. The van der Waals surface area contributed by atoms with Crippen molar-refractivity contribution in [3.63, 3.8) is 0 Å². The van der Waals surface area contributed by atoms with Crippen LogP contribution in [0.1, 0.15) is 21.5 Å². The smallest absolute Gasteiger partial charge is 0.253 e. The molecule has 0 radical (unpaired) electrons. The van der Waals surface area contributed by atoms with Gasteiger partial charge in [0.15, 0.2) is 0 Å². The van der Waals surface area contributed by atoms with Gasteiger partial charge in [0.05, 0.1) is 16.0 Å². The Kier molecular flexibility index (Phi) is 5.53. The van der Waals surface area contributed by atoms with E-state index >= 15 is 0 Å². The van der Waals surface area contributed by atoms with E-state index in [1.165, 1.54) is 0 Å². The summed E-state index contributed by atoms with van der Waals surface area (Å²) in [4.78, 5) is 16.9. The highest BCUT2D eigenvalue weighted by Crippen LogP contribution is 2.17. The van der Waals surface area contributed by atoms with E-state index < -0.39 is 10.0 Å². The second-order valence-electron chi connectivity index (χ2n) is 6.30. The first-order valence-electron chi connectivity index (χ1n) is 8.57. The molecule has 1 amide bonds. The molecule has 0 spiro atoms. The second kappa shape index (κ2) is 7.85. The van der Waals surface area contributed by atoms with Gasteiger partial charge in [-0.05, 0) is 43.2 Å². The molecule has 0 saturated heterocycles. The van der Waals surface area contributed by atoms with Crippen molar-refractivity contribution in [2.24, 2.45) is 0 Å². The number of nitrogens with one attached hydrogen (secondary N) is 2. The Bertz CT molecular complexity index is 1090. The van der Waals surface area contributed by atoms with Crippen molar-refractivity contribution in [2.45, 2.75) is 18.7 Å². The molecule has 1 aromatic heterocycles. The monoisotopic (exact) mass is 383 g/mol. The summed E-state index contributed by atoms with van der Waals surface area (Å²) in [5, 5.41) is 3.61. The summed E-state index contributed by atoms with van der Waals surface area (Å²) in [5.74, 6) is -0.287. The van der Waals surface area contributed by atoms with Crippen LogP contribution in [0.25, 0.3) is 10.9 Å². The van der Waals surface area contributed by atoms with E-state index in [4.69, 9.17) is 0 Å². The Hall–Kier alpha value is -2.77. The van der Waals surface area contributed by atoms with E-state index in [0.29, 0.717) is 16.6 Å². The second-order valence-corrected chi connectivity index (χ2v) is 8.04. The normalized spacial score (nSPS) is 11.5. The topological polar surface area (TPSA) is 88.2 Å².